The zero-order valence-electron chi connectivity index (χ0n) is 9.26. The number of benzene rings is 1. The summed E-state index contributed by atoms with van der Waals surface area (Å²) in [6.07, 6.45) is 2.03. The second kappa shape index (κ2) is 7.15. The maximum Gasteiger partial charge on any atom is 0.179 e. The third-order valence-electron chi connectivity index (χ3n) is 1.98. The molecule has 0 aliphatic rings. The summed E-state index contributed by atoms with van der Waals surface area (Å²) in [4.78, 5) is 0. The number of rotatable bonds is 6. The van der Waals surface area contributed by atoms with Crippen LogP contribution in [0.4, 0.5) is 0 Å². The minimum atomic E-state index is 0.404. The molecule has 1 aromatic carbocycles. The van der Waals surface area contributed by atoms with E-state index in [0.29, 0.717) is 29.0 Å². The van der Waals surface area contributed by atoms with Gasteiger partial charge in [-0.05, 0) is 24.0 Å². The van der Waals surface area contributed by atoms with Gasteiger partial charge in [0, 0.05) is 11.6 Å². The molecule has 16 heavy (non-hydrogen) atoms. The van der Waals surface area contributed by atoms with Gasteiger partial charge in [-0.1, -0.05) is 11.6 Å². The molecule has 0 heterocycles. The quantitative estimate of drug-likeness (QED) is 0.583. The van der Waals surface area contributed by atoms with Crippen molar-refractivity contribution in [3.8, 4) is 11.5 Å². The fourth-order valence-corrected chi connectivity index (χ4v) is 1.91. The summed E-state index contributed by atoms with van der Waals surface area (Å²) in [7, 11) is 1.59. The van der Waals surface area contributed by atoms with Crippen LogP contribution < -0.4 is 9.47 Å². The molecule has 1 rings (SSSR count). The SMILES string of the molecule is COc1cc(CCl)cc(Cl)c1OCCSC. The Morgan fingerprint density at radius 1 is 1.38 bits per heavy atom. The molecule has 0 aromatic heterocycles. The van der Waals surface area contributed by atoms with E-state index < -0.39 is 0 Å². The second-order valence-electron chi connectivity index (χ2n) is 3.08. The molecule has 0 atom stereocenters. The molecular formula is C11H14Cl2O2S. The minimum Gasteiger partial charge on any atom is -0.493 e. The van der Waals surface area contributed by atoms with E-state index in [2.05, 4.69) is 0 Å². The summed E-state index contributed by atoms with van der Waals surface area (Å²) in [5.41, 5.74) is 0.917. The molecule has 0 aliphatic carbocycles. The van der Waals surface area contributed by atoms with Crippen molar-refractivity contribution < 1.29 is 9.47 Å². The molecule has 0 spiro atoms. The molecule has 0 N–H and O–H groups in total. The smallest absolute Gasteiger partial charge is 0.179 e. The van der Waals surface area contributed by atoms with Crippen LogP contribution in [0.2, 0.25) is 5.02 Å². The summed E-state index contributed by atoms with van der Waals surface area (Å²) in [5, 5.41) is 0.538. The van der Waals surface area contributed by atoms with Crippen LogP contribution in [0, 0.1) is 0 Å². The van der Waals surface area contributed by atoms with Gasteiger partial charge in [-0.2, -0.15) is 11.8 Å². The first kappa shape index (κ1) is 13.8. The maximum absolute atomic E-state index is 6.10. The summed E-state index contributed by atoms with van der Waals surface area (Å²) in [5.74, 6) is 2.54. The van der Waals surface area contributed by atoms with Crippen molar-refractivity contribution >= 4 is 35.0 Å². The van der Waals surface area contributed by atoms with Crippen LogP contribution >= 0.6 is 35.0 Å². The Hall–Kier alpha value is -0.250. The van der Waals surface area contributed by atoms with E-state index in [1.54, 1.807) is 24.9 Å². The fraction of sp³-hybridized carbons (Fsp3) is 0.455. The summed E-state index contributed by atoms with van der Waals surface area (Å²) in [6.45, 7) is 0.609. The first-order chi connectivity index (χ1) is 7.72. The molecule has 0 unspecified atom stereocenters. The number of hydrogen-bond donors (Lipinski definition) is 0. The minimum absolute atomic E-state index is 0.404. The number of hydrogen-bond acceptors (Lipinski definition) is 3. The Labute approximate surface area is 110 Å². The van der Waals surface area contributed by atoms with Gasteiger partial charge in [0.1, 0.15) is 0 Å². The van der Waals surface area contributed by atoms with E-state index in [-0.39, 0.29) is 0 Å². The topological polar surface area (TPSA) is 18.5 Å². The first-order valence-corrected chi connectivity index (χ1v) is 7.07. The van der Waals surface area contributed by atoms with Gasteiger partial charge in [0.05, 0.1) is 18.7 Å². The normalized spacial score (nSPS) is 10.2. The molecule has 0 radical (unpaired) electrons. The van der Waals surface area contributed by atoms with Crippen LogP contribution in [0.25, 0.3) is 0 Å². The van der Waals surface area contributed by atoms with E-state index in [1.807, 2.05) is 12.3 Å². The Morgan fingerprint density at radius 3 is 2.69 bits per heavy atom. The Balaban J connectivity index is 2.88. The number of ether oxygens (including phenoxy) is 2. The average Bonchev–Trinajstić information content (AvgIpc) is 2.30. The van der Waals surface area contributed by atoms with Crippen LogP contribution in [0.5, 0.6) is 11.5 Å². The highest BCUT2D eigenvalue weighted by Gasteiger charge is 2.11. The molecule has 0 aliphatic heterocycles. The second-order valence-corrected chi connectivity index (χ2v) is 4.74. The van der Waals surface area contributed by atoms with E-state index in [0.717, 1.165) is 11.3 Å². The highest BCUT2D eigenvalue weighted by molar-refractivity contribution is 7.98. The lowest BCUT2D eigenvalue weighted by atomic mass is 10.2. The molecule has 0 fully saturated rings. The van der Waals surface area contributed by atoms with E-state index >= 15 is 0 Å². The van der Waals surface area contributed by atoms with Crippen molar-refractivity contribution in [2.24, 2.45) is 0 Å². The summed E-state index contributed by atoms with van der Waals surface area (Å²) in [6, 6.07) is 3.64. The van der Waals surface area contributed by atoms with E-state index in [4.69, 9.17) is 32.7 Å². The van der Waals surface area contributed by atoms with Gasteiger partial charge in [-0.15, -0.1) is 11.6 Å². The van der Waals surface area contributed by atoms with E-state index in [1.165, 1.54) is 0 Å². The van der Waals surface area contributed by atoms with Crippen LogP contribution in [0.15, 0.2) is 12.1 Å². The predicted molar refractivity (Wildman–Crippen MR) is 71.4 cm³/mol. The Morgan fingerprint density at radius 2 is 2.12 bits per heavy atom. The van der Waals surface area contributed by atoms with E-state index in [9.17, 15) is 0 Å². The van der Waals surface area contributed by atoms with Gasteiger partial charge in [0.15, 0.2) is 11.5 Å². The van der Waals surface area contributed by atoms with Crippen molar-refractivity contribution in [2.75, 3.05) is 25.7 Å². The number of alkyl halides is 1. The molecule has 0 bridgehead atoms. The van der Waals surface area contributed by atoms with Crippen molar-refractivity contribution in [3.63, 3.8) is 0 Å². The van der Waals surface area contributed by atoms with Crippen LogP contribution in [-0.4, -0.2) is 25.7 Å². The molecule has 1 aromatic rings. The van der Waals surface area contributed by atoms with Gasteiger partial charge < -0.3 is 9.47 Å². The Kier molecular flexibility index (Phi) is 6.17. The number of thioether (sulfide) groups is 1. The average molecular weight is 281 g/mol. The zero-order chi connectivity index (χ0) is 12.0. The lowest BCUT2D eigenvalue weighted by Gasteiger charge is -2.13. The molecule has 5 heteroatoms. The maximum atomic E-state index is 6.10. The molecule has 2 nitrogen and oxygen atoms in total. The molecule has 90 valence electrons. The molecule has 0 amide bonds. The highest BCUT2D eigenvalue weighted by Crippen LogP contribution is 2.36. The monoisotopic (exact) mass is 280 g/mol. The van der Waals surface area contributed by atoms with Crippen molar-refractivity contribution in [3.05, 3.63) is 22.7 Å². The van der Waals surface area contributed by atoms with Gasteiger partial charge in [0.2, 0.25) is 0 Å². The third kappa shape index (κ3) is 3.65. The standard InChI is InChI=1S/C11H14Cl2O2S/c1-14-10-6-8(7-12)5-9(13)11(10)15-3-4-16-2/h5-6H,3-4,7H2,1-2H3. The van der Waals surface area contributed by atoms with Gasteiger partial charge in [0.25, 0.3) is 0 Å². The van der Waals surface area contributed by atoms with Crippen LogP contribution in [0.3, 0.4) is 0 Å². The summed E-state index contributed by atoms with van der Waals surface area (Å²) < 4.78 is 10.8. The predicted octanol–water partition coefficient (Wildman–Crippen LogP) is 3.83. The van der Waals surface area contributed by atoms with Gasteiger partial charge >= 0.3 is 0 Å². The van der Waals surface area contributed by atoms with Gasteiger partial charge in [-0.3, -0.25) is 0 Å². The highest BCUT2D eigenvalue weighted by atomic mass is 35.5. The first-order valence-electron chi connectivity index (χ1n) is 4.77. The third-order valence-corrected chi connectivity index (χ3v) is 3.14. The van der Waals surface area contributed by atoms with Crippen molar-refractivity contribution in [1.29, 1.82) is 0 Å². The molecule has 0 saturated carbocycles. The van der Waals surface area contributed by atoms with Gasteiger partial charge in [-0.25, -0.2) is 0 Å². The van der Waals surface area contributed by atoms with Crippen LogP contribution in [0.1, 0.15) is 5.56 Å². The molecular weight excluding hydrogens is 267 g/mol. The lowest BCUT2D eigenvalue weighted by molar-refractivity contribution is 0.313. The van der Waals surface area contributed by atoms with Crippen molar-refractivity contribution in [1.82, 2.24) is 0 Å². The zero-order valence-corrected chi connectivity index (χ0v) is 11.6. The number of halogens is 2. The fourth-order valence-electron chi connectivity index (χ4n) is 1.22. The summed E-state index contributed by atoms with van der Waals surface area (Å²) >= 11 is 13.6. The lowest BCUT2D eigenvalue weighted by Crippen LogP contribution is -2.02. The number of methoxy groups -OCH3 is 1. The largest absolute Gasteiger partial charge is 0.493 e. The Bertz CT molecular complexity index is 345. The van der Waals surface area contributed by atoms with Crippen molar-refractivity contribution in [2.45, 2.75) is 5.88 Å². The molecule has 0 saturated heterocycles. The van der Waals surface area contributed by atoms with Crippen LogP contribution in [-0.2, 0) is 5.88 Å².